The number of rotatable bonds is 4. The van der Waals surface area contributed by atoms with Crippen molar-refractivity contribution >= 4 is 24.1 Å². The molecule has 0 unspecified atom stereocenters. The fourth-order valence-corrected chi connectivity index (χ4v) is 2.42. The van der Waals surface area contributed by atoms with Crippen molar-refractivity contribution in [3.8, 4) is 11.4 Å². The highest BCUT2D eigenvalue weighted by Crippen LogP contribution is 2.26. The highest BCUT2D eigenvalue weighted by atomic mass is 32.1. The summed E-state index contributed by atoms with van der Waals surface area (Å²) in [6, 6.07) is 7.41. The van der Waals surface area contributed by atoms with Crippen LogP contribution >= 0.6 is 12.2 Å². The van der Waals surface area contributed by atoms with Gasteiger partial charge in [0.15, 0.2) is 10.6 Å². The average Bonchev–Trinajstić information content (AvgIpc) is 3.15. The molecule has 8 nitrogen and oxygen atoms in total. The Morgan fingerprint density at radius 1 is 1.31 bits per heavy atom. The van der Waals surface area contributed by atoms with Crippen molar-refractivity contribution < 1.29 is 18.0 Å². The number of nitrogens with zero attached hydrogens (tertiary/aromatic N) is 4. The van der Waals surface area contributed by atoms with Crippen molar-refractivity contribution in [3.63, 3.8) is 0 Å². The van der Waals surface area contributed by atoms with Crippen molar-refractivity contribution in [2.24, 2.45) is 0 Å². The van der Waals surface area contributed by atoms with Gasteiger partial charge in [0.1, 0.15) is 6.54 Å². The summed E-state index contributed by atoms with van der Waals surface area (Å²) >= 11 is 5.12. The molecule has 26 heavy (non-hydrogen) atoms. The van der Waals surface area contributed by atoms with Crippen molar-refractivity contribution in [2.75, 3.05) is 5.32 Å². The van der Waals surface area contributed by atoms with Gasteiger partial charge in [0, 0.05) is 5.56 Å². The normalized spacial score (nSPS) is 11.5. The van der Waals surface area contributed by atoms with Crippen LogP contribution in [-0.2, 0) is 17.5 Å². The Hall–Kier alpha value is -3.02. The lowest BCUT2D eigenvalue weighted by Crippen LogP contribution is -2.20. The first-order chi connectivity index (χ1) is 12.2. The summed E-state index contributed by atoms with van der Waals surface area (Å²) in [6.45, 7) is 1.64. The number of H-pyrrole nitrogens is 2. The van der Waals surface area contributed by atoms with E-state index in [4.69, 9.17) is 12.2 Å². The minimum atomic E-state index is -4.68. The molecule has 0 aliphatic carbocycles. The van der Waals surface area contributed by atoms with Crippen LogP contribution in [0.25, 0.3) is 11.4 Å². The van der Waals surface area contributed by atoms with Gasteiger partial charge in [0.05, 0.1) is 0 Å². The second-order valence-corrected chi connectivity index (χ2v) is 5.75. The third kappa shape index (κ3) is 3.79. The molecule has 3 N–H and O–H groups in total. The van der Waals surface area contributed by atoms with Gasteiger partial charge in [-0.1, -0.05) is 23.8 Å². The maximum Gasteiger partial charge on any atom is 0.451 e. The zero-order valence-corrected chi connectivity index (χ0v) is 14.1. The molecule has 0 saturated carbocycles. The number of aromatic nitrogens is 6. The molecule has 12 heteroatoms. The van der Waals surface area contributed by atoms with Crippen LogP contribution in [0.4, 0.5) is 19.1 Å². The number of amides is 1. The Balaban J connectivity index is 1.79. The Labute approximate surface area is 149 Å². The van der Waals surface area contributed by atoms with Gasteiger partial charge in [0.2, 0.25) is 17.7 Å². The van der Waals surface area contributed by atoms with Crippen LogP contribution < -0.4 is 5.32 Å². The molecule has 136 valence electrons. The van der Waals surface area contributed by atoms with Crippen LogP contribution in [-0.4, -0.2) is 35.9 Å². The number of carbonyl (C=O) groups is 1. The molecule has 0 radical (unpaired) electrons. The highest BCUT2D eigenvalue weighted by molar-refractivity contribution is 7.71. The van der Waals surface area contributed by atoms with E-state index in [1.807, 2.05) is 25.1 Å². The molecular weight excluding hydrogens is 371 g/mol. The van der Waals surface area contributed by atoms with Crippen LogP contribution in [0.2, 0.25) is 0 Å². The van der Waals surface area contributed by atoms with E-state index >= 15 is 0 Å². The summed E-state index contributed by atoms with van der Waals surface area (Å²) in [4.78, 5) is 15.3. The van der Waals surface area contributed by atoms with Crippen LogP contribution in [0.15, 0.2) is 24.3 Å². The molecule has 0 saturated heterocycles. The number of carbonyl (C=O) groups excluding carboxylic acids is 1. The van der Waals surface area contributed by atoms with E-state index in [1.165, 1.54) is 4.57 Å². The Bertz CT molecular complexity index is 1000. The first kappa shape index (κ1) is 17.8. The monoisotopic (exact) mass is 383 g/mol. The van der Waals surface area contributed by atoms with Crippen molar-refractivity contribution in [3.05, 3.63) is 40.4 Å². The lowest BCUT2D eigenvalue weighted by Gasteiger charge is -2.07. The molecule has 3 rings (SSSR count). The Morgan fingerprint density at radius 2 is 2.08 bits per heavy atom. The van der Waals surface area contributed by atoms with Crippen molar-refractivity contribution in [1.82, 2.24) is 29.9 Å². The second-order valence-electron chi connectivity index (χ2n) is 5.36. The molecular formula is C14H12F3N7OS. The van der Waals surface area contributed by atoms with E-state index in [2.05, 4.69) is 25.6 Å². The van der Waals surface area contributed by atoms with Gasteiger partial charge < -0.3 is 0 Å². The van der Waals surface area contributed by atoms with E-state index in [0.717, 1.165) is 11.1 Å². The summed E-state index contributed by atoms with van der Waals surface area (Å²) in [5, 5.41) is 13.9. The largest absolute Gasteiger partial charge is 0.451 e. The first-order valence-corrected chi connectivity index (χ1v) is 7.66. The van der Waals surface area contributed by atoms with Crippen LogP contribution in [0.1, 0.15) is 11.4 Å². The number of halogens is 3. The summed E-state index contributed by atoms with van der Waals surface area (Å²) in [6.07, 6.45) is -4.68. The van der Waals surface area contributed by atoms with Gasteiger partial charge in [-0.15, -0.1) is 5.10 Å². The zero-order valence-electron chi connectivity index (χ0n) is 13.3. The minimum Gasteiger partial charge on any atom is -0.292 e. The third-order valence-corrected chi connectivity index (χ3v) is 3.65. The predicted octanol–water partition coefficient (Wildman–Crippen LogP) is 2.69. The number of benzene rings is 1. The van der Waals surface area contributed by atoms with Crippen LogP contribution in [0.5, 0.6) is 0 Å². The van der Waals surface area contributed by atoms with Gasteiger partial charge >= 0.3 is 6.18 Å². The number of alkyl halides is 3. The van der Waals surface area contributed by atoms with Gasteiger partial charge in [-0.3, -0.25) is 24.9 Å². The minimum absolute atomic E-state index is 0.197. The number of nitrogens with one attached hydrogen (secondary N) is 3. The molecule has 0 aliphatic rings. The highest BCUT2D eigenvalue weighted by Gasteiger charge is 2.35. The molecule has 1 aromatic carbocycles. The van der Waals surface area contributed by atoms with E-state index in [0.29, 0.717) is 5.82 Å². The van der Waals surface area contributed by atoms with Gasteiger partial charge in [-0.2, -0.15) is 23.3 Å². The maximum atomic E-state index is 12.5. The lowest BCUT2D eigenvalue weighted by atomic mass is 10.1. The molecule has 2 aromatic heterocycles. The first-order valence-electron chi connectivity index (χ1n) is 7.26. The molecule has 2 heterocycles. The summed E-state index contributed by atoms with van der Waals surface area (Å²) in [7, 11) is 0. The molecule has 0 atom stereocenters. The number of anilines is 1. The van der Waals surface area contributed by atoms with Gasteiger partial charge in [-0.25, -0.2) is 0 Å². The standard InChI is InChI=1S/C14H12F3N7OS/c1-7-3-2-4-8(5-7)10-20-23-13(26)24(10)6-9(25)18-12-19-11(21-22-12)14(15,16)17/h2-5H,6H2,1H3,(H,23,26)(H2,18,19,21,22,25). The Morgan fingerprint density at radius 3 is 2.73 bits per heavy atom. The van der Waals surface area contributed by atoms with E-state index in [9.17, 15) is 18.0 Å². The van der Waals surface area contributed by atoms with Crippen molar-refractivity contribution in [2.45, 2.75) is 19.6 Å². The zero-order chi connectivity index (χ0) is 18.9. The second kappa shape index (κ2) is 6.71. The van der Waals surface area contributed by atoms with Gasteiger partial charge in [0.25, 0.3) is 0 Å². The molecule has 0 fully saturated rings. The Kier molecular flexibility index (Phi) is 4.59. The van der Waals surface area contributed by atoms with E-state index in [1.54, 1.807) is 11.2 Å². The predicted molar refractivity (Wildman–Crippen MR) is 87.6 cm³/mol. The summed E-state index contributed by atoms with van der Waals surface area (Å²) in [5.74, 6) is -1.99. The fourth-order valence-electron chi connectivity index (χ4n) is 2.22. The quantitative estimate of drug-likeness (QED) is 0.601. The molecule has 0 spiro atoms. The molecule has 1 amide bonds. The number of hydrogen-bond acceptors (Lipinski definition) is 5. The lowest BCUT2D eigenvalue weighted by molar-refractivity contribution is -0.144. The van der Waals surface area contributed by atoms with Crippen LogP contribution in [0, 0.1) is 11.7 Å². The topological polar surface area (TPSA) is 104 Å². The van der Waals surface area contributed by atoms with Gasteiger partial charge in [-0.05, 0) is 25.2 Å². The van der Waals surface area contributed by atoms with E-state index < -0.39 is 23.9 Å². The molecule has 0 aliphatic heterocycles. The molecule has 3 aromatic rings. The molecule has 0 bridgehead atoms. The maximum absolute atomic E-state index is 12.5. The number of hydrogen-bond donors (Lipinski definition) is 3. The number of aryl methyl sites for hydroxylation is 1. The summed E-state index contributed by atoms with van der Waals surface area (Å²) < 4.78 is 39.1. The smallest absolute Gasteiger partial charge is 0.292 e. The fraction of sp³-hybridized carbons (Fsp3) is 0.214. The third-order valence-electron chi connectivity index (χ3n) is 3.34. The van der Waals surface area contributed by atoms with Crippen molar-refractivity contribution in [1.29, 1.82) is 0 Å². The number of aromatic amines is 2. The van der Waals surface area contributed by atoms with Crippen LogP contribution in [0.3, 0.4) is 0 Å². The average molecular weight is 383 g/mol. The van der Waals surface area contributed by atoms with E-state index in [-0.39, 0.29) is 11.3 Å². The summed E-state index contributed by atoms with van der Waals surface area (Å²) in [5.41, 5.74) is 1.73. The SMILES string of the molecule is Cc1cccc(-c2n[nH]c(=S)n2CC(=O)Nc2n[nH]c(C(F)(F)F)n2)c1.